The molecule has 186 valence electrons. The molecule has 1 aliphatic heterocycles. The monoisotopic (exact) mass is 496 g/mol. The minimum absolute atomic E-state index is 0.0249. The molecule has 1 fully saturated rings. The molecule has 1 atom stereocenters. The topological polar surface area (TPSA) is 105 Å². The SMILES string of the molecule is CCCCc1ccc(NS(=O)(=O)c2ccc(C)c(C(=O)N3CCCC(c4nc(C)no4)C3)c2)cc1. The molecule has 0 aliphatic carbocycles. The average molecular weight is 497 g/mol. The molecule has 8 nitrogen and oxygen atoms in total. The van der Waals surface area contributed by atoms with Gasteiger partial charge in [0.15, 0.2) is 5.82 Å². The van der Waals surface area contributed by atoms with Crippen LogP contribution in [0, 0.1) is 13.8 Å². The molecule has 1 aliphatic rings. The first kappa shape index (κ1) is 24.9. The van der Waals surface area contributed by atoms with Crippen LogP contribution in [0.25, 0.3) is 0 Å². The molecule has 2 aromatic carbocycles. The highest BCUT2D eigenvalue weighted by Gasteiger charge is 2.30. The van der Waals surface area contributed by atoms with Crippen molar-refractivity contribution in [2.45, 2.75) is 63.7 Å². The van der Waals surface area contributed by atoms with Gasteiger partial charge in [-0.25, -0.2) is 8.42 Å². The standard InChI is InChI=1S/C26H32N4O4S/c1-4-5-7-20-10-12-22(13-11-20)29-35(32,33)23-14-9-18(2)24(16-23)26(31)30-15-6-8-21(17-30)25-27-19(3)28-34-25/h9-14,16,21,29H,4-8,15,17H2,1-3H3. The normalized spacial score (nSPS) is 16.3. The maximum absolute atomic E-state index is 13.4. The third kappa shape index (κ3) is 5.90. The van der Waals surface area contributed by atoms with Crippen molar-refractivity contribution in [3.63, 3.8) is 0 Å². The van der Waals surface area contributed by atoms with Gasteiger partial charge in [-0.2, -0.15) is 4.98 Å². The van der Waals surface area contributed by atoms with E-state index in [1.165, 1.54) is 17.7 Å². The predicted molar refractivity (Wildman–Crippen MR) is 134 cm³/mol. The Hall–Kier alpha value is -3.20. The van der Waals surface area contributed by atoms with Gasteiger partial charge in [-0.05, 0) is 74.9 Å². The molecule has 0 saturated carbocycles. The number of hydrogen-bond acceptors (Lipinski definition) is 6. The number of carbonyl (C=O) groups is 1. The van der Waals surface area contributed by atoms with E-state index in [0.29, 0.717) is 36.1 Å². The number of rotatable bonds is 8. The average Bonchev–Trinajstić information content (AvgIpc) is 3.29. The van der Waals surface area contributed by atoms with E-state index in [1.54, 1.807) is 30.0 Å². The smallest absolute Gasteiger partial charge is 0.261 e. The lowest BCUT2D eigenvalue weighted by molar-refractivity contribution is 0.0694. The number of sulfonamides is 1. The lowest BCUT2D eigenvalue weighted by Crippen LogP contribution is -2.39. The maximum Gasteiger partial charge on any atom is 0.261 e. The number of unbranched alkanes of at least 4 members (excludes halogenated alkanes) is 1. The maximum atomic E-state index is 13.4. The summed E-state index contributed by atoms with van der Waals surface area (Å²) in [6.07, 6.45) is 4.84. The molecule has 9 heteroatoms. The molecule has 0 bridgehead atoms. The van der Waals surface area contributed by atoms with Crippen LogP contribution in [-0.4, -0.2) is 42.5 Å². The van der Waals surface area contributed by atoms with Crippen molar-refractivity contribution in [3.8, 4) is 0 Å². The quantitative estimate of drug-likeness (QED) is 0.478. The zero-order chi connectivity index (χ0) is 25.0. The van der Waals surface area contributed by atoms with E-state index in [4.69, 9.17) is 4.52 Å². The van der Waals surface area contributed by atoms with Gasteiger partial charge in [0.25, 0.3) is 15.9 Å². The number of amides is 1. The van der Waals surface area contributed by atoms with Gasteiger partial charge in [-0.15, -0.1) is 0 Å². The Morgan fingerprint density at radius 3 is 2.63 bits per heavy atom. The molecule has 0 radical (unpaired) electrons. The molecule has 0 spiro atoms. The highest BCUT2D eigenvalue weighted by atomic mass is 32.2. The lowest BCUT2D eigenvalue weighted by atomic mass is 9.96. The van der Waals surface area contributed by atoms with Crippen molar-refractivity contribution >= 4 is 21.6 Å². The molecule has 1 unspecified atom stereocenters. The Balaban J connectivity index is 1.51. The summed E-state index contributed by atoms with van der Waals surface area (Å²) in [4.78, 5) is 19.5. The Morgan fingerprint density at radius 1 is 1.17 bits per heavy atom. The number of hydrogen-bond donors (Lipinski definition) is 1. The Bertz CT molecular complexity index is 1280. The molecular formula is C26H32N4O4S. The van der Waals surface area contributed by atoms with Crippen LogP contribution in [-0.2, 0) is 16.4 Å². The van der Waals surface area contributed by atoms with Gasteiger partial charge in [0.1, 0.15) is 0 Å². The molecule has 2 heterocycles. The minimum Gasteiger partial charge on any atom is -0.339 e. The third-order valence-electron chi connectivity index (χ3n) is 6.38. The van der Waals surface area contributed by atoms with Crippen LogP contribution in [0.1, 0.15) is 71.7 Å². The van der Waals surface area contributed by atoms with Gasteiger partial charge in [0.05, 0.1) is 10.8 Å². The van der Waals surface area contributed by atoms with Gasteiger partial charge in [-0.3, -0.25) is 9.52 Å². The molecule has 35 heavy (non-hydrogen) atoms. The van der Waals surface area contributed by atoms with E-state index in [2.05, 4.69) is 21.8 Å². The molecule has 3 aromatic rings. The van der Waals surface area contributed by atoms with Gasteiger partial charge in [-0.1, -0.05) is 36.7 Å². The van der Waals surface area contributed by atoms with Crippen molar-refractivity contribution in [3.05, 3.63) is 70.9 Å². The molecule has 1 amide bonds. The van der Waals surface area contributed by atoms with Crippen LogP contribution in [0.5, 0.6) is 0 Å². The summed E-state index contributed by atoms with van der Waals surface area (Å²) in [5, 5.41) is 3.86. The van der Waals surface area contributed by atoms with Gasteiger partial charge >= 0.3 is 0 Å². The van der Waals surface area contributed by atoms with E-state index in [1.807, 2.05) is 19.1 Å². The van der Waals surface area contributed by atoms with Crippen molar-refractivity contribution < 1.29 is 17.7 Å². The summed E-state index contributed by atoms with van der Waals surface area (Å²) in [5.41, 5.74) is 2.77. The van der Waals surface area contributed by atoms with Crippen LogP contribution in [0.15, 0.2) is 51.9 Å². The summed E-state index contributed by atoms with van der Waals surface area (Å²) >= 11 is 0. The third-order valence-corrected chi connectivity index (χ3v) is 7.75. The molecule has 4 rings (SSSR count). The highest BCUT2D eigenvalue weighted by Crippen LogP contribution is 2.28. The second kappa shape index (κ2) is 10.6. The lowest BCUT2D eigenvalue weighted by Gasteiger charge is -2.31. The van der Waals surface area contributed by atoms with E-state index in [9.17, 15) is 13.2 Å². The van der Waals surface area contributed by atoms with Crippen LogP contribution in [0.2, 0.25) is 0 Å². The number of likely N-dealkylation sites (tertiary alicyclic amines) is 1. The summed E-state index contributed by atoms with van der Waals surface area (Å²) < 4.78 is 34.1. The summed E-state index contributed by atoms with van der Waals surface area (Å²) in [5.74, 6) is 0.891. The first-order valence-corrected chi connectivity index (χ1v) is 13.6. The first-order valence-electron chi connectivity index (χ1n) is 12.1. The van der Waals surface area contributed by atoms with Crippen LogP contribution in [0.4, 0.5) is 5.69 Å². The first-order chi connectivity index (χ1) is 16.8. The number of anilines is 1. The fourth-order valence-electron chi connectivity index (χ4n) is 4.35. The minimum atomic E-state index is -3.85. The van der Waals surface area contributed by atoms with E-state index in [0.717, 1.165) is 37.7 Å². The van der Waals surface area contributed by atoms with E-state index >= 15 is 0 Å². The van der Waals surface area contributed by atoms with Gasteiger partial charge in [0.2, 0.25) is 5.89 Å². The van der Waals surface area contributed by atoms with Crippen LogP contribution < -0.4 is 4.72 Å². The Morgan fingerprint density at radius 2 is 1.94 bits per heavy atom. The van der Waals surface area contributed by atoms with Crippen molar-refractivity contribution in [2.75, 3.05) is 17.8 Å². The highest BCUT2D eigenvalue weighted by molar-refractivity contribution is 7.92. The molecule has 1 aromatic heterocycles. The van der Waals surface area contributed by atoms with Gasteiger partial charge < -0.3 is 9.42 Å². The summed E-state index contributed by atoms with van der Waals surface area (Å²) in [6, 6.07) is 12.1. The zero-order valence-electron chi connectivity index (χ0n) is 20.5. The van der Waals surface area contributed by atoms with Crippen LogP contribution in [0.3, 0.4) is 0 Å². The predicted octanol–water partition coefficient (Wildman–Crippen LogP) is 4.85. The summed E-state index contributed by atoms with van der Waals surface area (Å²) in [6.45, 7) is 6.78. The molecule has 1 N–H and O–H groups in total. The van der Waals surface area contributed by atoms with Crippen molar-refractivity contribution in [1.29, 1.82) is 0 Å². The largest absolute Gasteiger partial charge is 0.339 e. The van der Waals surface area contributed by atoms with E-state index in [-0.39, 0.29) is 16.7 Å². The number of aromatic nitrogens is 2. The summed E-state index contributed by atoms with van der Waals surface area (Å²) in [7, 11) is -3.85. The van der Waals surface area contributed by atoms with E-state index < -0.39 is 10.0 Å². The van der Waals surface area contributed by atoms with Crippen LogP contribution >= 0.6 is 0 Å². The number of piperidine rings is 1. The molecular weight excluding hydrogens is 464 g/mol. The van der Waals surface area contributed by atoms with Crippen molar-refractivity contribution in [2.24, 2.45) is 0 Å². The Labute approximate surface area is 206 Å². The Kier molecular flexibility index (Phi) is 7.54. The number of carbonyl (C=O) groups excluding carboxylic acids is 1. The number of aryl methyl sites for hydroxylation is 3. The van der Waals surface area contributed by atoms with Gasteiger partial charge in [0, 0.05) is 24.3 Å². The second-order valence-corrected chi connectivity index (χ2v) is 10.8. The van der Waals surface area contributed by atoms with Crippen molar-refractivity contribution in [1.82, 2.24) is 15.0 Å². The fourth-order valence-corrected chi connectivity index (χ4v) is 5.43. The molecule has 1 saturated heterocycles. The number of benzene rings is 2. The number of nitrogens with zero attached hydrogens (tertiary/aromatic N) is 3. The second-order valence-electron chi connectivity index (χ2n) is 9.15. The zero-order valence-corrected chi connectivity index (χ0v) is 21.3. The number of nitrogens with one attached hydrogen (secondary N) is 1. The fraction of sp³-hybridized carbons (Fsp3) is 0.423.